The minimum atomic E-state index is -0.243. The molecule has 0 unspecified atom stereocenters. The molecule has 1 saturated heterocycles. The van der Waals surface area contributed by atoms with Crippen molar-refractivity contribution in [2.75, 3.05) is 13.1 Å². The summed E-state index contributed by atoms with van der Waals surface area (Å²) in [6.07, 6.45) is 2.18. The Morgan fingerprint density at radius 1 is 1.10 bits per heavy atom. The summed E-state index contributed by atoms with van der Waals surface area (Å²) in [7, 11) is 0. The quantitative estimate of drug-likeness (QED) is 0.630. The number of benzene rings is 2. The summed E-state index contributed by atoms with van der Waals surface area (Å²) in [4.78, 5) is 14.7. The molecule has 2 heterocycles. The van der Waals surface area contributed by atoms with E-state index in [1.54, 1.807) is 13.0 Å². The van der Waals surface area contributed by atoms with Crippen LogP contribution in [0.15, 0.2) is 52.9 Å². The fourth-order valence-electron chi connectivity index (χ4n) is 3.82. The molecule has 1 amide bonds. The maximum absolute atomic E-state index is 13.7. The van der Waals surface area contributed by atoms with E-state index in [1.165, 1.54) is 6.07 Å². The molecule has 4 rings (SSSR count). The average molecular weight is 423 g/mol. The number of carbonyl (C=O) groups is 1. The number of hydrogen-bond acceptors (Lipinski definition) is 5. The molecule has 0 spiro atoms. The second-order valence-corrected chi connectivity index (χ2v) is 8.10. The van der Waals surface area contributed by atoms with Gasteiger partial charge in [0.2, 0.25) is 17.7 Å². The van der Waals surface area contributed by atoms with E-state index < -0.39 is 0 Å². The van der Waals surface area contributed by atoms with Gasteiger partial charge in [-0.2, -0.15) is 0 Å². The second-order valence-electron chi connectivity index (χ2n) is 8.10. The molecule has 0 saturated carbocycles. The summed E-state index contributed by atoms with van der Waals surface area (Å²) in [5.74, 6) is 0.984. The van der Waals surface area contributed by atoms with Crippen LogP contribution >= 0.6 is 0 Å². The Morgan fingerprint density at radius 2 is 1.84 bits per heavy atom. The van der Waals surface area contributed by atoms with Crippen molar-refractivity contribution in [1.82, 2.24) is 20.4 Å². The van der Waals surface area contributed by atoms with Crippen molar-refractivity contribution in [1.29, 1.82) is 0 Å². The highest BCUT2D eigenvalue weighted by atomic mass is 19.1. The lowest BCUT2D eigenvalue weighted by Crippen LogP contribution is -2.40. The van der Waals surface area contributed by atoms with E-state index in [9.17, 15) is 9.18 Å². The molecule has 3 aromatic rings. The highest BCUT2D eigenvalue weighted by Crippen LogP contribution is 2.20. The number of rotatable bonds is 7. The number of nitrogens with one attached hydrogen (secondary N) is 1. The van der Waals surface area contributed by atoms with Gasteiger partial charge in [-0.15, -0.1) is 10.2 Å². The summed E-state index contributed by atoms with van der Waals surface area (Å²) in [5, 5.41) is 11.3. The third-order valence-corrected chi connectivity index (χ3v) is 5.73. The topological polar surface area (TPSA) is 71.3 Å². The first-order chi connectivity index (χ1) is 15.1. The fourth-order valence-corrected chi connectivity index (χ4v) is 3.82. The molecule has 7 heteroatoms. The molecule has 0 radical (unpaired) electrons. The van der Waals surface area contributed by atoms with Gasteiger partial charge in [0.15, 0.2) is 0 Å². The van der Waals surface area contributed by atoms with E-state index >= 15 is 0 Å². The lowest BCUT2D eigenvalue weighted by Gasteiger charge is -2.30. The Labute approximate surface area is 181 Å². The molecule has 1 aromatic heterocycles. The number of hydrogen-bond donors (Lipinski definition) is 1. The first-order valence-corrected chi connectivity index (χ1v) is 10.7. The highest BCUT2D eigenvalue weighted by molar-refractivity contribution is 5.78. The van der Waals surface area contributed by atoms with Crippen LogP contribution in [0.25, 0.3) is 0 Å². The van der Waals surface area contributed by atoms with Crippen LogP contribution in [0.2, 0.25) is 0 Å². The van der Waals surface area contributed by atoms with Crippen LogP contribution < -0.4 is 5.32 Å². The van der Waals surface area contributed by atoms with Gasteiger partial charge in [0.05, 0.1) is 13.0 Å². The van der Waals surface area contributed by atoms with E-state index in [-0.39, 0.29) is 17.6 Å². The van der Waals surface area contributed by atoms with Gasteiger partial charge in [-0.25, -0.2) is 4.39 Å². The number of piperidine rings is 1. The van der Waals surface area contributed by atoms with E-state index in [4.69, 9.17) is 4.42 Å². The normalized spacial score (nSPS) is 15.2. The largest absolute Gasteiger partial charge is 0.424 e. The maximum atomic E-state index is 13.7. The lowest BCUT2D eigenvalue weighted by molar-refractivity contribution is -0.126. The van der Waals surface area contributed by atoms with Crippen molar-refractivity contribution in [3.05, 3.63) is 82.8 Å². The van der Waals surface area contributed by atoms with Crippen molar-refractivity contribution >= 4 is 5.91 Å². The zero-order valence-corrected chi connectivity index (χ0v) is 17.7. The van der Waals surface area contributed by atoms with Gasteiger partial charge in [0, 0.05) is 12.5 Å². The fraction of sp³-hybridized carbons (Fsp3) is 0.375. The number of halogens is 1. The van der Waals surface area contributed by atoms with Gasteiger partial charge in [0.1, 0.15) is 5.82 Å². The van der Waals surface area contributed by atoms with Gasteiger partial charge >= 0.3 is 0 Å². The van der Waals surface area contributed by atoms with E-state index in [1.807, 2.05) is 36.4 Å². The predicted octanol–water partition coefficient (Wildman–Crippen LogP) is 3.64. The standard InChI is InChI=1S/C24H27FN4O2/c1-17-7-8-19(13-21(17)25)15-26-24(30)20-9-11-29(12-10-20)16-23-28-27-22(31-23)14-18-5-3-2-4-6-18/h2-8,13,20H,9-12,14-16H2,1H3,(H,26,30). The summed E-state index contributed by atoms with van der Waals surface area (Å²) in [6, 6.07) is 15.1. The molecule has 31 heavy (non-hydrogen) atoms. The minimum Gasteiger partial charge on any atom is -0.424 e. The third-order valence-electron chi connectivity index (χ3n) is 5.73. The van der Waals surface area contributed by atoms with Crippen molar-refractivity contribution in [2.45, 2.75) is 39.3 Å². The molecule has 0 bridgehead atoms. The molecular formula is C24H27FN4O2. The van der Waals surface area contributed by atoms with Crippen LogP contribution in [0, 0.1) is 18.7 Å². The van der Waals surface area contributed by atoms with Crippen LogP contribution in [0.5, 0.6) is 0 Å². The smallest absolute Gasteiger partial charge is 0.230 e. The maximum Gasteiger partial charge on any atom is 0.230 e. The number of nitrogens with zero attached hydrogens (tertiary/aromatic N) is 3. The third kappa shape index (κ3) is 5.76. The molecule has 1 fully saturated rings. The Morgan fingerprint density at radius 3 is 2.58 bits per heavy atom. The van der Waals surface area contributed by atoms with Crippen molar-refractivity contribution in [3.63, 3.8) is 0 Å². The van der Waals surface area contributed by atoms with E-state index in [0.29, 0.717) is 36.9 Å². The van der Waals surface area contributed by atoms with Crippen molar-refractivity contribution < 1.29 is 13.6 Å². The van der Waals surface area contributed by atoms with Gasteiger partial charge in [0.25, 0.3) is 0 Å². The van der Waals surface area contributed by atoms with Crippen LogP contribution in [-0.4, -0.2) is 34.1 Å². The molecule has 1 N–H and O–H groups in total. The summed E-state index contributed by atoms with van der Waals surface area (Å²) in [5.41, 5.74) is 2.52. The molecule has 0 aliphatic carbocycles. The van der Waals surface area contributed by atoms with Gasteiger partial charge in [-0.1, -0.05) is 42.5 Å². The summed E-state index contributed by atoms with van der Waals surface area (Å²) >= 11 is 0. The minimum absolute atomic E-state index is 0.0251. The summed E-state index contributed by atoms with van der Waals surface area (Å²) < 4.78 is 19.5. The predicted molar refractivity (Wildman–Crippen MR) is 115 cm³/mol. The Balaban J connectivity index is 1.21. The van der Waals surface area contributed by atoms with Crippen LogP contribution in [0.4, 0.5) is 4.39 Å². The Bertz CT molecular complexity index is 1010. The molecule has 0 atom stereocenters. The number of aromatic nitrogens is 2. The Kier molecular flexibility index (Phi) is 6.72. The average Bonchev–Trinajstić information content (AvgIpc) is 3.22. The number of amides is 1. The zero-order chi connectivity index (χ0) is 21.6. The SMILES string of the molecule is Cc1ccc(CNC(=O)C2CCN(Cc3nnc(Cc4ccccc4)o3)CC2)cc1F. The number of carbonyl (C=O) groups excluding carboxylic acids is 1. The Hall–Kier alpha value is -3.06. The van der Waals surface area contributed by atoms with Crippen LogP contribution in [-0.2, 0) is 24.3 Å². The molecule has 162 valence electrons. The molecule has 6 nitrogen and oxygen atoms in total. The monoisotopic (exact) mass is 422 g/mol. The lowest BCUT2D eigenvalue weighted by atomic mass is 9.96. The zero-order valence-electron chi connectivity index (χ0n) is 17.7. The first kappa shape index (κ1) is 21.2. The highest BCUT2D eigenvalue weighted by Gasteiger charge is 2.25. The number of likely N-dealkylation sites (tertiary alicyclic amines) is 1. The van der Waals surface area contributed by atoms with Gasteiger partial charge in [-0.05, 0) is 55.6 Å². The number of aryl methyl sites for hydroxylation is 1. The van der Waals surface area contributed by atoms with Crippen molar-refractivity contribution in [3.8, 4) is 0 Å². The molecular weight excluding hydrogens is 395 g/mol. The van der Waals surface area contributed by atoms with Crippen molar-refractivity contribution in [2.24, 2.45) is 5.92 Å². The van der Waals surface area contributed by atoms with Crippen LogP contribution in [0.1, 0.15) is 41.3 Å². The summed E-state index contributed by atoms with van der Waals surface area (Å²) in [6.45, 7) is 4.27. The molecule has 1 aliphatic rings. The molecule has 2 aromatic carbocycles. The van der Waals surface area contributed by atoms with Gasteiger partial charge in [-0.3, -0.25) is 9.69 Å². The second kappa shape index (κ2) is 9.83. The van der Waals surface area contributed by atoms with E-state index in [2.05, 4.69) is 20.4 Å². The van der Waals surface area contributed by atoms with E-state index in [0.717, 1.165) is 37.1 Å². The van der Waals surface area contributed by atoms with Crippen LogP contribution in [0.3, 0.4) is 0 Å². The first-order valence-electron chi connectivity index (χ1n) is 10.7. The van der Waals surface area contributed by atoms with Gasteiger partial charge < -0.3 is 9.73 Å². The molecule has 1 aliphatic heterocycles.